The lowest BCUT2D eigenvalue weighted by Crippen LogP contribution is -2.15. The molecule has 0 saturated heterocycles. The van der Waals surface area contributed by atoms with E-state index in [-0.39, 0.29) is 13.2 Å². The molecule has 7 heteroatoms. The lowest BCUT2D eigenvalue weighted by Gasteiger charge is -2.11. The number of ether oxygens (including phenoxy) is 4. The third-order valence-corrected chi connectivity index (χ3v) is 5.81. The van der Waals surface area contributed by atoms with E-state index in [9.17, 15) is 4.79 Å². The number of rotatable bonds is 9. The van der Waals surface area contributed by atoms with Crippen molar-refractivity contribution in [2.75, 3.05) is 20.8 Å². The summed E-state index contributed by atoms with van der Waals surface area (Å²) in [5.41, 5.74) is 3.41. The topological polar surface area (TPSA) is 66.9 Å². The molecule has 4 aromatic rings. The average molecular weight is 462 g/mol. The summed E-state index contributed by atoms with van der Waals surface area (Å²) in [7, 11) is 3.18. The van der Waals surface area contributed by atoms with E-state index in [4.69, 9.17) is 18.9 Å². The molecule has 3 aromatic carbocycles. The Labute approximate surface area is 196 Å². The zero-order valence-electron chi connectivity index (χ0n) is 18.3. The summed E-state index contributed by atoms with van der Waals surface area (Å²) in [4.78, 5) is 16.9. The van der Waals surface area contributed by atoms with Crippen LogP contribution >= 0.6 is 11.3 Å². The Hall–Kier alpha value is -3.84. The van der Waals surface area contributed by atoms with Gasteiger partial charge in [0.05, 0.1) is 25.5 Å². The Morgan fingerprint density at radius 1 is 0.848 bits per heavy atom. The normalized spacial score (nSPS) is 10.5. The van der Waals surface area contributed by atoms with Crippen molar-refractivity contribution in [1.29, 1.82) is 0 Å². The highest BCUT2D eigenvalue weighted by atomic mass is 32.1. The molecule has 1 heterocycles. The van der Waals surface area contributed by atoms with Gasteiger partial charge in [-0.25, -0.2) is 9.78 Å². The van der Waals surface area contributed by atoms with E-state index in [0.29, 0.717) is 22.9 Å². The second-order valence-electron chi connectivity index (χ2n) is 7.00. The summed E-state index contributed by atoms with van der Waals surface area (Å²) in [5, 5.41) is 2.61. The molecule has 33 heavy (non-hydrogen) atoms. The first kappa shape index (κ1) is 22.4. The Balaban J connectivity index is 1.37. The van der Waals surface area contributed by atoms with Gasteiger partial charge >= 0.3 is 5.97 Å². The van der Waals surface area contributed by atoms with Crippen molar-refractivity contribution in [3.63, 3.8) is 0 Å². The molecule has 0 saturated carbocycles. The van der Waals surface area contributed by atoms with E-state index in [0.717, 1.165) is 21.7 Å². The van der Waals surface area contributed by atoms with Crippen molar-refractivity contribution in [2.45, 2.75) is 6.61 Å². The fraction of sp³-hybridized carbons (Fsp3) is 0.154. The quantitative estimate of drug-likeness (QED) is 0.302. The van der Waals surface area contributed by atoms with E-state index >= 15 is 0 Å². The van der Waals surface area contributed by atoms with Crippen LogP contribution in [0.5, 0.6) is 17.2 Å². The summed E-state index contributed by atoms with van der Waals surface area (Å²) in [6.45, 7) is -0.129. The van der Waals surface area contributed by atoms with Gasteiger partial charge in [0.2, 0.25) is 0 Å². The average Bonchev–Trinajstić information content (AvgIpc) is 3.35. The predicted octanol–water partition coefficient (Wildman–Crippen LogP) is 5.62. The van der Waals surface area contributed by atoms with E-state index < -0.39 is 5.97 Å². The number of esters is 1. The zero-order valence-corrected chi connectivity index (χ0v) is 19.1. The molecule has 0 aliphatic rings. The molecule has 0 fully saturated rings. The van der Waals surface area contributed by atoms with Crippen molar-refractivity contribution in [2.24, 2.45) is 0 Å². The Morgan fingerprint density at radius 3 is 2.36 bits per heavy atom. The van der Waals surface area contributed by atoms with Crippen LogP contribution in [0.2, 0.25) is 0 Å². The molecule has 0 N–H and O–H groups in total. The molecule has 6 nitrogen and oxygen atoms in total. The maximum Gasteiger partial charge on any atom is 0.344 e. The van der Waals surface area contributed by atoms with Crippen molar-refractivity contribution in [3.05, 3.63) is 83.9 Å². The number of thiazole rings is 1. The minimum Gasteiger partial charge on any atom is -0.493 e. The third-order valence-electron chi connectivity index (χ3n) is 4.88. The molecule has 4 rings (SSSR count). The Kier molecular flexibility index (Phi) is 7.22. The number of hydrogen-bond acceptors (Lipinski definition) is 7. The van der Waals surface area contributed by atoms with Crippen molar-refractivity contribution in [3.8, 4) is 38.9 Å². The zero-order chi connectivity index (χ0) is 23.0. The molecule has 0 bridgehead atoms. The number of nitrogens with zero attached hydrogens (tertiary/aromatic N) is 1. The van der Waals surface area contributed by atoms with Crippen LogP contribution in [0.3, 0.4) is 0 Å². The molecule has 0 amide bonds. The van der Waals surface area contributed by atoms with Gasteiger partial charge in [-0.05, 0) is 23.8 Å². The fourth-order valence-corrected chi connectivity index (χ4v) is 4.16. The van der Waals surface area contributed by atoms with Crippen molar-refractivity contribution < 1.29 is 23.7 Å². The molecule has 0 unspecified atom stereocenters. The lowest BCUT2D eigenvalue weighted by atomic mass is 10.1. The number of hydrogen-bond donors (Lipinski definition) is 0. The van der Waals surface area contributed by atoms with Gasteiger partial charge in [0, 0.05) is 10.9 Å². The fourth-order valence-electron chi connectivity index (χ4n) is 3.33. The van der Waals surface area contributed by atoms with Gasteiger partial charge in [0.1, 0.15) is 17.4 Å². The number of aromatic nitrogens is 1. The smallest absolute Gasteiger partial charge is 0.344 e. The van der Waals surface area contributed by atoms with Crippen LogP contribution in [0.15, 0.2) is 78.2 Å². The van der Waals surface area contributed by atoms with Gasteiger partial charge in [0.25, 0.3) is 0 Å². The first-order chi connectivity index (χ1) is 16.2. The van der Waals surface area contributed by atoms with Gasteiger partial charge in [-0.1, -0.05) is 54.6 Å². The Morgan fingerprint density at radius 2 is 1.58 bits per heavy atom. The molecule has 0 aliphatic heterocycles. The molecule has 0 aliphatic carbocycles. The highest BCUT2D eigenvalue weighted by molar-refractivity contribution is 7.13. The minimum atomic E-state index is -0.466. The van der Waals surface area contributed by atoms with Crippen LogP contribution < -0.4 is 14.2 Å². The number of carbonyl (C=O) groups excluding carboxylic acids is 1. The first-order valence-electron chi connectivity index (χ1n) is 10.3. The monoisotopic (exact) mass is 461 g/mol. The molecule has 168 valence electrons. The summed E-state index contributed by atoms with van der Waals surface area (Å²) < 4.78 is 22.0. The lowest BCUT2D eigenvalue weighted by molar-refractivity contribution is -0.147. The molecular weight excluding hydrogens is 438 g/mol. The summed E-state index contributed by atoms with van der Waals surface area (Å²) in [5.74, 6) is 1.41. The maximum absolute atomic E-state index is 12.3. The Bertz CT molecular complexity index is 1220. The van der Waals surface area contributed by atoms with Crippen LogP contribution in [0.1, 0.15) is 5.69 Å². The largest absolute Gasteiger partial charge is 0.493 e. The van der Waals surface area contributed by atoms with E-state index in [2.05, 4.69) is 4.98 Å². The van der Waals surface area contributed by atoms with E-state index in [1.165, 1.54) is 11.3 Å². The van der Waals surface area contributed by atoms with Crippen LogP contribution in [0.25, 0.3) is 21.7 Å². The standard InChI is InChI=1S/C26H23NO5S/c1-29-23-14-8-12-21(25(23)30-2)26-27-19(17-33-26)15-32-24(28)16-31-22-13-7-6-11-20(22)18-9-4-3-5-10-18/h3-14,17H,15-16H2,1-2H3. The summed E-state index contributed by atoms with van der Waals surface area (Å²) >= 11 is 1.44. The van der Waals surface area contributed by atoms with Crippen LogP contribution in [0.4, 0.5) is 0 Å². The van der Waals surface area contributed by atoms with Crippen LogP contribution in [-0.2, 0) is 16.1 Å². The van der Waals surface area contributed by atoms with Crippen molar-refractivity contribution in [1.82, 2.24) is 4.98 Å². The van der Waals surface area contributed by atoms with E-state index in [1.807, 2.05) is 78.2 Å². The number of methoxy groups -OCH3 is 2. The predicted molar refractivity (Wildman–Crippen MR) is 128 cm³/mol. The summed E-state index contributed by atoms with van der Waals surface area (Å²) in [6, 6.07) is 23.1. The van der Waals surface area contributed by atoms with Gasteiger partial charge in [-0.15, -0.1) is 11.3 Å². The first-order valence-corrected chi connectivity index (χ1v) is 11.2. The minimum absolute atomic E-state index is 0.0608. The number of benzene rings is 3. The second kappa shape index (κ2) is 10.7. The van der Waals surface area contributed by atoms with Gasteiger partial charge < -0.3 is 18.9 Å². The van der Waals surface area contributed by atoms with Gasteiger partial charge in [0.15, 0.2) is 18.1 Å². The third kappa shape index (κ3) is 5.32. The molecule has 0 spiro atoms. The molecule has 0 radical (unpaired) electrons. The van der Waals surface area contributed by atoms with Gasteiger partial charge in [-0.3, -0.25) is 0 Å². The highest BCUT2D eigenvalue weighted by Crippen LogP contribution is 2.39. The second-order valence-corrected chi connectivity index (χ2v) is 7.85. The number of para-hydroxylation sites is 2. The molecule has 1 aromatic heterocycles. The van der Waals surface area contributed by atoms with Crippen LogP contribution in [0, 0.1) is 0 Å². The number of carbonyl (C=O) groups is 1. The summed E-state index contributed by atoms with van der Waals surface area (Å²) in [6.07, 6.45) is 0. The van der Waals surface area contributed by atoms with E-state index in [1.54, 1.807) is 14.2 Å². The molecular formula is C26H23NO5S. The molecule has 0 atom stereocenters. The van der Waals surface area contributed by atoms with Crippen LogP contribution in [-0.4, -0.2) is 31.8 Å². The highest BCUT2D eigenvalue weighted by Gasteiger charge is 2.15. The van der Waals surface area contributed by atoms with Gasteiger partial charge in [-0.2, -0.15) is 0 Å². The SMILES string of the molecule is COc1cccc(-c2nc(COC(=O)COc3ccccc3-c3ccccc3)cs2)c1OC. The maximum atomic E-state index is 12.3. The van der Waals surface area contributed by atoms with Crippen molar-refractivity contribution >= 4 is 17.3 Å².